The van der Waals surface area contributed by atoms with E-state index in [2.05, 4.69) is 21.2 Å². The molecule has 4 nitrogen and oxygen atoms in total. The summed E-state index contributed by atoms with van der Waals surface area (Å²) in [7, 11) is 0. The van der Waals surface area contributed by atoms with Gasteiger partial charge in [-0.05, 0) is 54.4 Å². The lowest BCUT2D eigenvalue weighted by Gasteiger charge is -2.11. The van der Waals surface area contributed by atoms with E-state index in [1.807, 2.05) is 38.1 Å². The van der Waals surface area contributed by atoms with Gasteiger partial charge >= 0.3 is 0 Å². The highest BCUT2D eigenvalue weighted by molar-refractivity contribution is 9.10. The normalized spacial score (nSPS) is 12.2. The fourth-order valence-electron chi connectivity index (χ4n) is 2.20. The van der Waals surface area contributed by atoms with Gasteiger partial charge in [-0.1, -0.05) is 12.1 Å². The number of hydrogen-bond acceptors (Lipinski definition) is 3. The zero-order valence-electron chi connectivity index (χ0n) is 12.0. The summed E-state index contributed by atoms with van der Waals surface area (Å²) in [6, 6.07) is 9.07. The fraction of sp³-hybridized carbons (Fsp3) is 0.312. The number of aliphatic hydroxyl groups is 1. The van der Waals surface area contributed by atoms with E-state index in [1.165, 1.54) is 0 Å². The van der Waals surface area contributed by atoms with Gasteiger partial charge in [0.2, 0.25) is 0 Å². The van der Waals surface area contributed by atoms with Crippen LogP contribution in [0.5, 0.6) is 0 Å². The van der Waals surface area contributed by atoms with Crippen LogP contribution in [-0.4, -0.2) is 17.6 Å². The molecule has 0 saturated heterocycles. The first-order valence-corrected chi connectivity index (χ1v) is 7.56. The maximum Gasteiger partial charge on any atom is 0.252 e. The standard InChI is InChI=1S/C16H18BrNO3/c1-10-9-13(11(2)21-10)15(19)7-8-18-16(20)12-5-3-4-6-14(12)17/h3-6,9,15,19H,7-8H2,1-2H3,(H,18,20)/t15-/m1/s1. The maximum atomic E-state index is 12.0. The summed E-state index contributed by atoms with van der Waals surface area (Å²) >= 11 is 3.34. The van der Waals surface area contributed by atoms with Gasteiger partial charge in [0, 0.05) is 16.6 Å². The molecule has 1 atom stereocenters. The molecule has 0 aliphatic rings. The van der Waals surface area contributed by atoms with Crippen LogP contribution in [0.1, 0.15) is 40.0 Å². The highest BCUT2D eigenvalue weighted by atomic mass is 79.9. The first-order valence-electron chi connectivity index (χ1n) is 6.76. The molecule has 0 bridgehead atoms. The van der Waals surface area contributed by atoms with Crippen molar-refractivity contribution in [2.24, 2.45) is 0 Å². The number of halogens is 1. The SMILES string of the molecule is Cc1cc([C@H](O)CCNC(=O)c2ccccc2Br)c(C)o1. The number of rotatable bonds is 5. The Hall–Kier alpha value is -1.59. The second-order valence-corrected chi connectivity index (χ2v) is 5.76. The number of nitrogens with one attached hydrogen (secondary N) is 1. The van der Waals surface area contributed by atoms with Crippen molar-refractivity contribution < 1.29 is 14.3 Å². The molecule has 112 valence electrons. The predicted molar refractivity (Wildman–Crippen MR) is 84.2 cm³/mol. The first kappa shape index (κ1) is 15.8. The Morgan fingerprint density at radius 3 is 2.71 bits per heavy atom. The molecule has 2 aromatic rings. The molecule has 2 rings (SSSR count). The molecule has 1 aromatic carbocycles. The summed E-state index contributed by atoms with van der Waals surface area (Å²) in [6.45, 7) is 4.06. The largest absolute Gasteiger partial charge is 0.466 e. The number of aryl methyl sites for hydroxylation is 2. The topological polar surface area (TPSA) is 62.5 Å². The molecule has 2 N–H and O–H groups in total. The predicted octanol–water partition coefficient (Wildman–Crippen LogP) is 3.51. The maximum absolute atomic E-state index is 12.0. The Morgan fingerprint density at radius 2 is 2.10 bits per heavy atom. The van der Waals surface area contributed by atoms with Crippen LogP contribution in [0.15, 0.2) is 39.2 Å². The average Bonchev–Trinajstić information content (AvgIpc) is 2.78. The summed E-state index contributed by atoms with van der Waals surface area (Å²) in [5.41, 5.74) is 1.37. The van der Waals surface area contributed by atoms with Crippen LogP contribution in [0.2, 0.25) is 0 Å². The van der Waals surface area contributed by atoms with Crippen molar-refractivity contribution >= 4 is 21.8 Å². The second-order valence-electron chi connectivity index (χ2n) is 4.91. The summed E-state index contributed by atoms with van der Waals surface area (Å²) in [6.07, 6.45) is -0.197. The number of carbonyl (C=O) groups is 1. The van der Waals surface area contributed by atoms with E-state index in [1.54, 1.807) is 6.07 Å². The van der Waals surface area contributed by atoms with Gasteiger partial charge in [-0.15, -0.1) is 0 Å². The second kappa shape index (κ2) is 6.91. The first-order chi connectivity index (χ1) is 9.99. The quantitative estimate of drug-likeness (QED) is 0.866. The minimum absolute atomic E-state index is 0.158. The van der Waals surface area contributed by atoms with Crippen molar-refractivity contribution in [2.45, 2.75) is 26.4 Å². The van der Waals surface area contributed by atoms with Crippen molar-refractivity contribution in [3.05, 3.63) is 57.5 Å². The Morgan fingerprint density at radius 1 is 1.38 bits per heavy atom. The molecular formula is C16H18BrNO3. The number of amides is 1. The lowest BCUT2D eigenvalue weighted by atomic mass is 10.1. The highest BCUT2D eigenvalue weighted by Gasteiger charge is 2.15. The summed E-state index contributed by atoms with van der Waals surface area (Å²) in [5.74, 6) is 1.34. The van der Waals surface area contributed by atoms with Gasteiger partial charge in [-0.2, -0.15) is 0 Å². The third-order valence-electron chi connectivity index (χ3n) is 3.26. The Kier molecular flexibility index (Phi) is 5.20. The van der Waals surface area contributed by atoms with Gasteiger partial charge in [0.25, 0.3) is 5.91 Å². The van der Waals surface area contributed by atoms with Crippen molar-refractivity contribution in [3.8, 4) is 0 Å². The van der Waals surface area contributed by atoms with Crippen molar-refractivity contribution in [1.82, 2.24) is 5.32 Å². The number of carbonyl (C=O) groups excluding carboxylic acids is 1. The summed E-state index contributed by atoms with van der Waals surface area (Å²) in [4.78, 5) is 12.0. The summed E-state index contributed by atoms with van der Waals surface area (Å²) in [5, 5.41) is 12.9. The third kappa shape index (κ3) is 3.95. The van der Waals surface area contributed by atoms with E-state index < -0.39 is 6.10 Å². The van der Waals surface area contributed by atoms with Gasteiger partial charge in [0.15, 0.2) is 0 Å². The smallest absolute Gasteiger partial charge is 0.252 e. The van der Waals surface area contributed by atoms with Crippen LogP contribution in [0, 0.1) is 13.8 Å². The van der Waals surface area contributed by atoms with Gasteiger partial charge in [-0.3, -0.25) is 4.79 Å². The number of furan rings is 1. The molecule has 0 aliphatic heterocycles. The van der Waals surface area contributed by atoms with Gasteiger partial charge in [0.05, 0.1) is 11.7 Å². The molecule has 0 aliphatic carbocycles. The molecule has 0 spiro atoms. The molecule has 1 amide bonds. The number of benzene rings is 1. The van der Waals surface area contributed by atoms with Gasteiger partial charge < -0.3 is 14.8 Å². The molecule has 0 fully saturated rings. The van der Waals surface area contributed by atoms with E-state index in [9.17, 15) is 9.90 Å². The summed E-state index contributed by atoms with van der Waals surface area (Å²) < 4.78 is 6.15. The fourth-order valence-corrected chi connectivity index (χ4v) is 2.66. The van der Waals surface area contributed by atoms with Crippen LogP contribution in [0.4, 0.5) is 0 Å². The van der Waals surface area contributed by atoms with Crippen molar-refractivity contribution in [1.29, 1.82) is 0 Å². The van der Waals surface area contributed by atoms with E-state index >= 15 is 0 Å². The molecule has 1 heterocycles. The molecule has 1 aromatic heterocycles. The van der Waals surface area contributed by atoms with Crippen LogP contribution in [0.3, 0.4) is 0 Å². The van der Waals surface area contributed by atoms with Gasteiger partial charge in [-0.25, -0.2) is 0 Å². The minimum atomic E-state index is -0.637. The minimum Gasteiger partial charge on any atom is -0.466 e. The van der Waals surface area contributed by atoms with Crippen LogP contribution < -0.4 is 5.32 Å². The van der Waals surface area contributed by atoms with E-state index in [0.29, 0.717) is 18.5 Å². The zero-order chi connectivity index (χ0) is 15.4. The molecule has 0 unspecified atom stereocenters. The molecule has 0 radical (unpaired) electrons. The van der Waals surface area contributed by atoms with Crippen LogP contribution >= 0.6 is 15.9 Å². The Labute approximate surface area is 132 Å². The van der Waals surface area contributed by atoms with E-state index in [0.717, 1.165) is 21.6 Å². The lowest BCUT2D eigenvalue weighted by molar-refractivity contribution is 0.0941. The highest BCUT2D eigenvalue weighted by Crippen LogP contribution is 2.23. The Bertz CT molecular complexity index is 636. The molecule has 5 heteroatoms. The van der Waals surface area contributed by atoms with Gasteiger partial charge in [0.1, 0.15) is 11.5 Å². The third-order valence-corrected chi connectivity index (χ3v) is 3.95. The molecular weight excluding hydrogens is 334 g/mol. The average molecular weight is 352 g/mol. The van der Waals surface area contributed by atoms with E-state index in [-0.39, 0.29) is 5.91 Å². The van der Waals surface area contributed by atoms with E-state index in [4.69, 9.17) is 4.42 Å². The lowest BCUT2D eigenvalue weighted by Crippen LogP contribution is -2.26. The zero-order valence-corrected chi connectivity index (χ0v) is 13.6. The van der Waals surface area contributed by atoms with Crippen LogP contribution in [-0.2, 0) is 0 Å². The number of hydrogen-bond donors (Lipinski definition) is 2. The Balaban J connectivity index is 1.88. The monoisotopic (exact) mass is 351 g/mol. The molecule has 0 saturated carbocycles. The van der Waals surface area contributed by atoms with Crippen molar-refractivity contribution in [2.75, 3.05) is 6.54 Å². The number of aliphatic hydroxyl groups excluding tert-OH is 1. The van der Waals surface area contributed by atoms with Crippen molar-refractivity contribution in [3.63, 3.8) is 0 Å². The van der Waals surface area contributed by atoms with Crippen LogP contribution in [0.25, 0.3) is 0 Å². The molecule has 21 heavy (non-hydrogen) atoms.